The summed E-state index contributed by atoms with van der Waals surface area (Å²) in [7, 11) is 0. The number of rotatable bonds is 3. The standard InChI is InChI=1S/C19H21ClN2O/c20-17-11-15-12-22(10-8-14-5-2-1-3-6-14)13-23-19(15)18-16(17)7-4-9-21-18/h4-5,7,9,11H,1-3,6,8,10,12-13H2. The van der Waals surface area contributed by atoms with E-state index in [1.165, 1.54) is 25.7 Å². The zero-order valence-electron chi connectivity index (χ0n) is 13.2. The first-order valence-electron chi connectivity index (χ1n) is 8.40. The topological polar surface area (TPSA) is 25.4 Å². The molecule has 0 N–H and O–H groups in total. The third kappa shape index (κ3) is 3.08. The van der Waals surface area contributed by atoms with Gasteiger partial charge >= 0.3 is 0 Å². The van der Waals surface area contributed by atoms with Crippen molar-refractivity contribution in [1.82, 2.24) is 9.88 Å². The van der Waals surface area contributed by atoms with Gasteiger partial charge < -0.3 is 4.74 Å². The summed E-state index contributed by atoms with van der Waals surface area (Å²) in [4.78, 5) is 6.81. The first kappa shape index (κ1) is 15.0. The maximum atomic E-state index is 6.42. The van der Waals surface area contributed by atoms with E-state index in [4.69, 9.17) is 16.3 Å². The molecule has 2 aliphatic rings. The molecule has 4 rings (SSSR count). The van der Waals surface area contributed by atoms with E-state index in [0.717, 1.165) is 46.7 Å². The number of ether oxygens (including phenoxy) is 1. The van der Waals surface area contributed by atoms with Crippen molar-refractivity contribution in [3.63, 3.8) is 0 Å². The molecule has 0 unspecified atom stereocenters. The number of fused-ring (bicyclic) bond motifs is 3. The SMILES string of the molecule is Clc1cc2c(c3ncccc13)OCN(CCC1=CCCCC1)C2. The van der Waals surface area contributed by atoms with Gasteiger partial charge in [-0.1, -0.05) is 23.3 Å². The molecular formula is C19H21ClN2O. The Hall–Kier alpha value is -1.58. The number of hydrogen-bond acceptors (Lipinski definition) is 3. The number of hydrogen-bond donors (Lipinski definition) is 0. The third-order valence-corrected chi connectivity index (χ3v) is 5.10. The Kier molecular flexibility index (Phi) is 4.23. The second-order valence-electron chi connectivity index (χ2n) is 6.43. The molecule has 0 saturated heterocycles. The van der Waals surface area contributed by atoms with Crippen LogP contribution in [0.15, 0.2) is 36.0 Å². The fourth-order valence-electron chi connectivity index (χ4n) is 3.53. The molecule has 120 valence electrons. The molecule has 1 aromatic carbocycles. The molecule has 1 aliphatic carbocycles. The van der Waals surface area contributed by atoms with Gasteiger partial charge in [-0.05, 0) is 50.3 Å². The minimum atomic E-state index is 0.633. The summed E-state index contributed by atoms with van der Waals surface area (Å²) in [6.45, 7) is 2.56. The summed E-state index contributed by atoms with van der Waals surface area (Å²) in [6, 6.07) is 5.94. The minimum absolute atomic E-state index is 0.633. The smallest absolute Gasteiger partial charge is 0.152 e. The van der Waals surface area contributed by atoms with Gasteiger partial charge in [-0.15, -0.1) is 0 Å². The first-order valence-corrected chi connectivity index (χ1v) is 8.78. The van der Waals surface area contributed by atoms with E-state index in [1.54, 1.807) is 11.8 Å². The van der Waals surface area contributed by atoms with Crippen molar-refractivity contribution in [2.45, 2.75) is 38.6 Å². The maximum absolute atomic E-state index is 6.42. The number of halogens is 1. The number of pyridine rings is 1. The highest BCUT2D eigenvalue weighted by Gasteiger charge is 2.21. The van der Waals surface area contributed by atoms with Crippen molar-refractivity contribution >= 4 is 22.5 Å². The first-order chi connectivity index (χ1) is 11.3. The minimum Gasteiger partial charge on any atom is -0.475 e. The lowest BCUT2D eigenvalue weighted by Gasteiger charge is -2.30. The van der Waals surface area contributed by atoms with Crippen LogP contribution in [0, 0.1) is 0 Å². The van der Waals surface area contributed by atoms with Crippen LogP contribution in [0.2, 0.25) is 5.02 Å². The van der Waals surface area contributed by atoms with Gasteiger partial charge in [-0.25, -0.2) is 0 Å². The van der Waals surface area contributed by atoms with Crippen molar-refractivity contribution in [2.75, 3.05) is 13.3 Å². The van der Waals surface area contributed by atoms with Gasteiger partial charge in [0.25, 0.3) is 0 Å². The average molecular weight is 329 g/mol. The average Bonchev–Trinajstić information content (AvgIpc) is 2.61. The van der Waals surface area contributed by atoms with E-state index < -0.39 is 0 Å². The highest BCUT2D eigenvalue weighted by atomic mass is 35.5. The van der Waals surface area contributed by atoms with Crippen LogP contribution in [0.3, 0.4) is 0 Å². The Morgan fingerprint density at radius 3 is 3.13 bits per heavy atom. The number of nitrogens with zero attached hydrogens (tertiary/aromatic N) is 2. The molecule has 3 nitrogen and oxygen atoms in total. The Balaban J connectivity index is 1.52. The highest BCUT2D eigenvalue weighted by Crippen LogP contribution is 2.36. The second kappa shape index (κ2) is 6.50. The quantitative estimate of drug-likeness (QED) is 0.747. The summed E-state index contributed by atoms with van der Waals surface area (Å²) in [5, 5.41) is 1.72. The molecule has 1 aliphatic heterocycles. The normalized spacial score (nSPS) is 18.4. The van der Waals surface area contributed by atoms with Crippen LogP contribution in [0.1, 0.15) is 37.7 Å². The molecular weight excluding hydrogens is 308 g/mol. The summed E-state index contributed by atoms with van der Waals surface area (Å²) in [5.41, 5.74) is 3.63. The van der Waals surface area contributed by atoms with Gasteiger partial charge in [0.2, 0.25) is 0 Å². The molecule has 0 saturated carbocycles. The van der Waals surface area contributed by atoms with Crippen LogP contribution >= 0.6 is 11.6 Å². The highest BCUT2D eigenvalue weighted by molar-refractivity contribution is 6.35. The Labute approximate surface area is 141 Å². The predicted octanol–water partition coefficient (Wildman–Crippen LogP) is 4.93. The zero-order valence-corrected chi connectivity index (χ0v) is 14.0. The summed E-state index contributed by atoms with van der Waals surface area (Å²) < 4.78 is 6.03. The van der Waals surface area contributed by atoms with Gasteiger partial charge in [0.05, 0.1) is 5.02 Å². The van der Waals surface area contributed by atoms with Crippen molar-refractivity contribution in [2.24, 2.45) is 0 Å². The van der Waals surface area contributed by atoms with Crippen LogP contribution < -0.4 is 4.74 Å². The van der Waals surface area contributed by atoms with Crippen LogP contribution in [0.25, 0.3) is 10.9 Å². The van der Waals surface area contributed by atoms with Gasteiger partial charge in [-0.2, -0.15) is 0 Å². The van der Waals surface area contributed by atoms with E-state index in [0.29, 0.717) is 6.73 Å². The van der Waals surface area contributed by atoms with Gasteiger partial charge in [0, 0.05) is 30.2 Å². The molecule has 2 aromatic rings. The lowest BCUT2D eigenvalue weighted by Crippen LogP contribution is -2.33. The predicted molar refractivity (Wildman–Crippen MR) is 93.8 cm³/mol. The molecule has 0 atom stereocenters. The molecule has 0 bridgehead atoms. The molecule has 0 amide bonds. The molecule has 23 heavy (non-hydrogen) atoms. The summed E-state index contributed by atoms with van der Waals surface area (Å²) in [5.74, 6) is 0.901. The van der Waals surface area contributed by atoms with Gasteiger partial charge in [0.15, 0.2) is 5.75 Å². The van der Waals surface area contributed by atoms with Crippen molar-refractivity contribution in [1.29, 1.82) is 0 Å². The molecule has 0 spiro atoms. The van der Waals surface area contributed by atoms with Crippen molar-refractivity contribution in [3.05, 3.63) is 46.6 Å². The van der Waals surface area contributed by atoms with Crippen LogP contribution in [0.4, 0.5) is 0 Å². The van der Waals surface area contributed by atoms with E-state index >= 15 is 0 Å². The Morgan fingerprint density at radius 1 is 1.30 bits per heavy atom. The maximum Gasteiger partial charge on any atom is 0.152 e. The number of allylic oxidation sites excluding steroid dienone is 1. The molecule has 0 fully saturated rings. The van der Waals surface area contributed by atoms with Crippen LogP contribution in [-0.4, -0.2) is 23.2 Å². The fraction of sp³-hybridized carbons (Fsp3) is 0.421. The monoisotopic (exact) mass is 328 g/mol. The molecule has 1 aromatic heterocycles. The zero-order chi connectivity index (χ0) is 15.6. The largest absolute Gasteiger partial charge is 0.475 e. The number of aromatic nitrogens is 1. The third-order valence-electron chi connectivity index (χ3n) is 4.79. The Morgan fingerprint density at radius 2 is 2.26 bits per heavy atom. The van der Waals surface area contributed by atoms with Crippen molar-refractivity contribution < 1.29 is 4.74 Å². The van der Waals surface area contributed by atoms with E-state index in [2.05, 4.69) is 16.0 Å². The molecule has 2 heterocycles. The van der Waals surface area contributed by atoms with Crippen LogP contribution in [-0.2, 0) is 6.54 Å². The fourth-order valence-corrected chi connectivity index (χ4v) is 3.81. The van der Waals surface area contributed by atoms with E-state index in [1.807, 2.05) is 18.2 Å². The lowest BCUT2D eigenvalue weighted by molar-refractivity contribution is 0.0977. The number of benzene rings is 1. The Bertz CT molecular complexity index is 756. The molecule has 4 heteroatoms. The molecule has 0 radical (unpaired) electrons. The van der Waals surface area contributed by atoms with Gasteiger partial charge in [-0.3, -0.25) is 9.88 Å². The second-order valence-corrected chi connectivity index (χ2v) is 6.84. The summed E-state index contributed by atoms with van der Waals surface area (Å²) in [6.07, 6.45) is 10.6. The van der Waals surface area contributed by atoms with Crippen LogP contribution in [0.5, 0.6) is 5.75 Å². The van der Waals surface area contributed by atoms with Crippen molar-refractivity contribution in [3.8, 4) is 5.75 Å². The van der Waals surface area contributed by atoms with E-state index in [9.17, 15) is 0 Å². The van der Waals surface area contributed by atoms with E-state index in [-0.39, 0.29) is 0 Å². The van der Waals surface area contributed by atoms with Gasteiger partial charge in [0.1, 0.15) is 12.2 Å². The summed E-state index contributed by atoms with van der Waals surface area (Å²) >= 11 is 6.42. The lowest BCUT2D eigenvalue weighted by atomic mass is 9.97.